The largest absolute Gasteiger partial charge is 0.322 e. The molecular weight excluding hydrogens is 368 g/mol. The van der Waals surface area contributed by atoms with Gasteiger partial charge in [-0.05, 0) is 47.6 Å². The van der Waals surface area contributed by atoms with Gasteiger partial charge in [0.15, 0.2) is 0 Å². The molecule has 0 heterocycles. The van der Waals surface area contributed by atoms with Crippen LogP contribution in [0.5, 0.6) is 0 Å². The third-order valence-corrected chi connectivity index (χ3v) is 5.30. The predicted molar refractivity (Wildman–Crippen MR) is 126 cm³/mol. The Labute approximate surface area is 180 Å². The van der Waals surface area contributed by atoms with E-state index in [-0.39, 0.29) is 11.4 Å². The topological polar surface area (TPSA) is 32.3 Å². The normalized spacial score (nSPS) is 11.2. The van der Waals surface area contributed by atoms with E-state index in [9.17, 15) is 4.79 Å². The van der Waals surface area contributed by atoms with Crippen molar-refractivity contribution >= 4 is 11.7 Å². The van der Waals surface area contributed by atoms with E-state index in [0.29, 0.717) is 13.1 Å². The first kappa shape index (κ1) is 21.6. The van der Waals surface area contributed by atoms with Gasteiger partial charge in [0.25, 0.3) is 0 Å². The fraction of sp³-hybridized carbons (Fsp3) is 0.296. The van der Waals surface area contributed by atoms with Crippen molar-refractivity contribution in [3.8, 4) is 0 Å². The summed E-state index contributed by atoms with van der Waals surface area (Å²) in [6.45, 7) is 9.91. The molecule has 2 amide bonds. The molecule has 0 bridgehead atoms. The number of benzene rings is 3. The maximum Gasteiger partial charge on any atom is 0.322 e. The van der Waals surface area contributed by atoms with E-state index in [1.165, 1.54) is 16.7 Å². The van der Waals surface area contributed by atoms with Gasteiger partial charge in [0, 0.05) is 18.8 Å². The second-order valence-corrected chi connectivity index (χ2v) is 8.90. The Kier molecular flexibility index (Phi) is 6.94. The second-order valence-electron chi connectivity index (χ2n) is 8.90. The lowest BCUT2D eigenvalue weighted by Gasteiger charge is -2.24. The van der Waals surface area contributed by atoms with Crippen LogP contribution in [0.15, 0.2) is 78.9 Å². The lowest BCUT2D eigenvalue weighted by atomic mass is 9.87. The van der Waals surface area contributed by atoms with Crippen LogP contribution in [0, 0.1) is 6.92 Å². The third-order valence-electron chi connectivity index (χ3n) is 5.30. The van der Waals surface area contributed by atoms with Crippen LogP contribution >= 0.6 is 0 Å². The predicted octanol–water partition coefficient (Wildman–Crippen LogP) is 6.57. The van der Waals surface area contributed by atoms with Crippen LogP contribution in [0.4, 0.5) is 10.5 Å². The first-order valence-corrected chi connectivity index (χ1v) is 10.6. The number of hydrogen-bond donors (Lipinski definition) is 1. The van der Waals surface area contributed by atoms with Gasteiger partial charge in [0.1, 0.15) is 0 Å². The Morgan fingerprint density at radius 2 is 1.47 bits per heavy atom. The SMILES string of the molecule is Cc1ccc(NC(=O)N(CCc2ccccc2)Cc2ccc(C(C)(C)C)cc2)cc1. The summed E-state index contributed by atoms with van der Waals surface area (Å²) in [5.74, 6) is 0. The zero-order valence-electron chi connectivity index (χ0n) is 18.5. The summed E-state index contributed by atoms with van der Waals surface area (Å²) >= 11 is 0. The summed E-state index contributed by atoms with van der Waals surface area (Å²) in [4.78, 5) is 15.0. The molecule has 3 heteroatoms. The minimum Gasteiger partial charge on any atom is -0.320 e. The van der Waals surface area contributed by atoms with Crippen LogP contribution in [0.2, 0.25) is 0 Å². The Hall–Kier alpha value is -3.07. The number of rotatable bonds is 6. The van der Waals surface area contributed by atoms with E-state index in [4.69, 9.17) is 0 Å². The average Bonchev–Trinajstić information content (AvgIpc) is 2.73. The van der Waals surface area contributed by atoms with E-state index in [0.717, 1.165) is 17.7 Å². The van der Waals surface area contributed by atoms with Crippen molar-refractivity contribution in [3.63, 3.8) is 0 Å². The minimum atomic E-state index is -0.0744. The van der Waals surface area contributed by atoms with Gasteiger partial charge < -0.3 is 10.2 Å². The molecule has 3 aromatic rings. The number of aryl methyl sites for hydroxylation is 1. The van der Waals surface area contributed by atoms with E-state index in [1.807, 2.05) is 54.3 Å². The van der Waals surface area contributed by atoms with Crippen molar-refractivity contribution in [2.45, 2.75) is 46.1 Å². The van der Waals surface area contributed by atoms with Crippen LogP contribution in [-0.4, -0.2) is 17.5 Å². The van der Waals surface area contributed by atoms with E-state index < -0.39 is 0 Å². The van der Waals surface area contributed by atoms with Crippen molar-refractivity contribution in [2.24, 2.45) is 0 Å². The molecular formula is C27H32N2O. The molecule has 0 aromatic heterocycles. The van der Waals surface area contributed by atoms with Crippen molar-refractivity contribution in [3.05, 3.63) is 101 Å². The molecule has 0 saturated heterocycles. The molecule has 3 aromatic carbocycles. The van der Waals surface area contributed by atoms with Gasteiger partial charge in [-0.3, -0.25) is 0 Å². The highest BCUT2D eigenvalue weighted by Crippen LogP contribution is 2.23. The lowest BCUT2D eigenvalue weighted by Crippen LogP contribution is -2.36. The molecule has 156 valence electrons. The average molecular weight is 401 g/mol. The molecule has 0 aliphatic carbocycles. The Bertz CT molecular complexity index is 939. The summed E-state index contributed by atoms with van der Waals surface area (Å²) in [5, 5.41) is 3.05. The summed E-state index contributed by atoms with van der Waals surface area (Å²) < 4.78 is 0. The number of carbonyl (C=O) groups excluding carboxylic acids is 1. The molecule has 0 aliphatic rings. The number of anilines is 1. The Morgan fingerprint density at radius 3 is 2.07 bits per heavy atom. The summed E-state index contributed by atoms with van der Waals surface area (Å²) in [7, 11) is 0. The fourth-order valence-electron chi connectivity index (χ4n) is 3.33. The van der Waals surface area contributed by atoms with Gasteiger partial charge in [0.2, 0.25) is 0 Å². The van der Waals surface area contributed by atoms with Crippen LogP contribution in [0.3, 0.4) is 0 Å². The monoisotopic (exact) mass is 400 g/mol. The number of urea groups is 1. The molecule has 0 spiro atoms. The van der Waals surface area contributed by atoms with Crippen LogP contribution in [0.1, 0.15) is 43.0 Å². The molecule has 0 aliphatic heterocycles. The minimum absolute atomic E-state index is 0.0744. The molecule has 0 saturated carbocycles. The Morgan fingerprint density at radius 1 is 0.833 bits per heavy atom. The van der Waals surface area contributed by atoms with Crippen LogP contribution in [-0.2, 0) is 18.4 Å². The highest BCUT2D eigenvalue weighted by atomic mass is 16.2. The summed E-state index contributed by atoms with van der Waals surface area (Å²) in [5.41, 5.74) is 5.77. The molecule has 1 N–H and O–H groups in total. The highest BCUT2D eigenvalue weighted by Gasteiger charge is 2.16. The number of nitrogens with one attached hydrogen (secondary N) is 1. The maximum absolute atomic E-state index is 13.1. The molecule has 3 rings (SSSR count). The van der Waals surface area contributed by atoms with E-state index in [2.05, 4.69) is 62.5 Å². The van der Waals surface area contributed by atoms with Gasteiger partial charge in [-0.15, -0.1) is 0 Å². The van der Waals surface area contributed by atoms with Gasteiger partial charge >= 0.3 is 6.03 Å². The summed E-state index contributed by atoms with van der Waals surface area (Å²) in [6, 6.07) is 26.7. The molecule has 0 radical (unpaired) electrons. The van der Waals surface area contributed by atoms with Crippen molar-refractivity contribution < 1.29 is 4.79 Å². The van der Waals surface area contributed by atoms with E-state index in [1.54, 1.807) is 0 Å². The van der Waals surface area contributed by atoms with Gasteiger partial charge in [-0.25, -0.2) is 4.79 Å². The molecule has 0 unspecified atom stereocenters. The quantitative estimate of drug-likeness (QED) is 0.499. The summed E-state index contributed by atoms with van der Waals surface area (Å²) in [6.07, 6.45) is 0.822. The Balaban J connectivity index is 1.74. The fourth-order valence-corrected chi connectivity index (χ4v) is 3.33. The number of carbonyl (C=O) groups is 1. The number of amides is 2. The second kappa shape index (κ2) is 9.62. The van der Waals surface area contributed by atoms with Crippen molar-refractivity contribution in [2.75, 3.05) is 11.9 Å². The van der Waals surface area contributed by atoms with E-state index >= 15 is 0 Å². The van der Waals surface area contributed by atoms with Crippen molar-refractivity contribution in [1.29, 1.82) is 0 Å². The van der Waals surface area contributed by atoms with Gasteiger partial charge in [-0.1, -0.05) is 93.1 Å². The zero-order valence-corrected chi connectivity index (χ0v) is 18.5. The number of hydrogen-bond acceptors (Lipinski definition) is 1. The highest BCUT2D eigenvalue weighted by molar-refractivity contribution is 5.89. The number of nitrogens with zero attached hydrogens (tertiary/aromatic N) is 1. The van der Waals surface area contributed by atoms with Gasteiger partial charge in [-0.2, -0.15) is 0 Å². The third kappa shape index (κ3) is 6.21. The first-order chi connectivity index (χ1) is 14.3. The van der Waals surface area contributed by atoms with Crippen molar-refractivity contribution in [1.82, 2.24) is 4.90 Å². The maximum atomic E-state index is 13.1. The zero-order chi connectivity index (χ0) is 21.6. The molecule has 30 heavy (non-hydrogen) atoms. The van der Waals surface area contributed by atoms with Crippen LogP contribution < -0.4 is 5.32 Å². The molecule has 0 fully saturated rings. The van der Waals surface area contributed by atoms with Crippen LogP contribution in [0.25, 0.3) is 0 Å². The smallest absolute Gasteiger partial charge is 0.320 e. The first-order valence-electron chi connectivity index (χ1n) is 10.6. The lowest BCUT2D eigenvalue weighted by molar-refractivity contribution is 0.210. The molecule has 3 nitrogen and oxygen atoms in total. The molecule has 0 atom stereocenters. The standard InChI is InChI=1S/C27H32N2O/c1-21-10-16-25(17-11-21)28-26(30)29(19-18-22-8-6-5-7-9-22)20-23-12-14-24(15-13-23)27(2,3)4/h5-17H,18-20H2,1-4H3,(H,28,30). The van der Waals surface area contributed by atoms with Gasteiger partial charge in [0.05, 0.1) is 0 Å².